The van der Waals surface area contributed by atoms with Gasteiger partial charge in [0.15, 0.2) is 0 Å². The van der Waals surface area contributed by atoms with E-state index < -0.39 is 0 Å². The molecule has 0 aromatic heterocycles. The number of hydrogen-bond donors (Lipinski definition) is 1. The lowest BCUT2D eigenvalue weighted by atomic mass is 9.64. The van der Waals surface area contributed by atoms with Crippen LogP contribution in [0.4, 0.5) is 0 Å². The van der Waals surface area contributed by atoms with Crippen LogP contribution in [0, 0.1) is 17.8 Å². The summed E-state index contributed by atoms with van der Waals surface area (Å²) in [6, 6.07) is 0. The summed E-state index contributed by atoms with van der Waals surface area (Å²) in [5.41, 5.74) is 5.40. The van der Waals surface area contributed by atoms with Gasteiger partial charge in [-0.15, -0.1) is 0 Å². The minimum atomic E-state index is 0.0634. The topological polar surface area (TPSA) is 62.9 Å². The summed E-state index contributed by atoms with van der Waals surface area (Å²) >= 11 is 0. The maximum atomic E-state index is 6.22. The van der Waals surface area contributed by atoms with Crippen LogP contribution in [0.1, 0.15) is 46.0 Å². The van der Waals surface area contributed by atoms with Crippen LogP contribution in [-0.4, -0.2) is 58.4 Å². The molecule has 5 nitrogen and oxygen atoms in total. The van der Waals surface area contributed by atoms with Crippen LogP contribution < -0.4 is 5.73 Å². The maximum absolute atomic E-state index is 6.22. The van der Waals surface area contributed by atoms with Crippen LogP contribution in [0.5, 0.6) is 0 Å². The fraction of sp³-hybridized carbons (Fsp3) is 1.00. The molecule has 0 aliphatic heterocycles. The van der Waals surface area contributed by atoms with E-state index in [1.54, 1.807) is 0 Å². The molecule has 2 rings (SSSR count). The molecule has 0 amide bonds. The van der Waals surface area contributed by atoms with Gasteiger partial charge in [0, 0.05) is 6.54 Å². The fourth-order valence-corrected chi connectivity index (χ4v) is 4.63. The van der Waals surface area contributed by atoms with Gasteiger partial charge in [0.25, 0.3) is 0 Å². The summed E-state index contributed by atoms with van der Waals surface area (Å²) in [6.45, 7) is 9.60. The molecule has 2 atom stereocenters. The van der Waals surface area contributed by atoms with Crippen molar-refractivity contribution in [2.75, 3.05) is 52.8 Å². The van der Waals surface area contributed by atoms with E-state index in [2.05, 4.69) is 13.8 Å². The minimum absolute atomic E-state index is 0.0634. The first-order valence-corrected chi connectivity index (χ1v) is 9.68. The van der Waals surface area contributed by atoms with Gasteiger partial charge in [-0.3, -0.25) is 0 Å². The second-order valence-electron chi connectivity index (χ2n) is 7.88. The van der Waals surface area contributed by atoms with Crippen molar-refractivity contribution in [2.24, 2.45) is 23.5 Å². The number of ether oxygens (including phenoxy) is 4. The second kappa shape index (κ2) is 10.7. The zero-order valence-electron chi connectivity index (χ0n) is 15.6. The van der Waals surface area contributed by atoms with Gasteiger partial charge in [0.2, 0.25) is 0 Å². The van der Waals surface area contributed by atoms with Crippen molar-refractivity contribution >= 4 is 0 Å². The van der Waals surface area contributed by atoms with Gasteiger partial charge in [-0.1, -0.05) is 6.92 Å². The highest BCUT2D eigenvalue weighted by Crippen LogP contribution is 2.47. The Bertz CT molecular complexity index is 321. The molecule has 2 fully saturated rings. The van der Waals surface area contributed by atoms with Crippen LogP contribution >= 0.6 is 0 Å². The molecule has 2 aliphatic rings. The van der Waals surface area contributed by atoms with E-state index in [4.69, 9.17) is 24.7 Å². The van der Waals surface area contributed by atoms with Crippen molar-refractivity contribution < 1.29 is 18.9 Å². The van der Waals surface area contributed by atoms with E-state index in [1.807, 2.05) is 0 Å². The highest BCUT2D eigenvalue weighted by atomic mass is 16.6. The molecule has 2 bridgehead atoms. The molecule has 2 saturated carbocycles. The van der Waals surface area contributed by atoms with E-state index in [1.165, 1.54) is 32.1 Å². The molecule has 0 aromatic rings. The molecule has 24 heavy (non-hydrogen) atoms. The molecule has 0 aromatic carbocycles. The van der Waals surface area contributed by atoms with Gasteiger partial charge >= 0.3 is 0 Å². The Balaban J connectivity index is 1.46. The van der Waals surface area contributed by atoms with Crippen LogP contribution in [0.3, 0.4) is 0 Å². The van der Waals surface area contributed by atoms with Crippen LogP contribution in [0.2, 0.25) is 0 Å². The van der Waals surface area contributed by atoms with Gasteiger partial charge in [-0.2, -0.15) is 0 Å². The summed E-state index contributed by atoms with van der Waals surface area (Å²) in [7, 11) is 0. The first-order chi connectivity index (χ1) is 11.6. The molecule has 2 aliphatic carbocycles. The Kier molecular flexibility index (Phi) is 8.98. The first-order valence-electron chi connectivity index (χ1n) is 9.68. The highest BCUT2D eigenvalue weighted by molar-refractivity contribution is 4.92. The largest absolute Gasteiger partial charge is 0.378 e. The minimum Gasteiger partial charge on any atom is -0.378 e. The van der Waals surface area contributed by atoms with Crippen molar-refractivity contribution in [3.05, 3.63) is 0 Å². The molecule has 0 radical (unpaired) electrons. The van der Waals surface area contributed by atoms with E-state index >= 15 is 0 Å². The average Bonchev–Trinajstić information content (AvgIpc) is 2.51. The average molecular weight is 344 g/mol. The van der Waals surface area contributed by atoms with Crippen molar-refractivity contribution in [1.82, 2.24) is 0 Å². The zero-order valence-corrected chi connectivity index (χ0v) is 15.6. The molecule has 0 heterocycles. The summed E-state index contributed by atoms with van der Waals surface area (Å²) in [6.07, 6.45) is 6.64. The molecule has 2 N–H and O–H groups in total. The fourth-order valence-electron chi connectivity index (χ4n) is 4.63. The Morgan fingerprint density at radius 2 is 1.29 bits per heavy atom. The summed E-state index contributed by atoms with van der Waals surface area (Å²) in [4.78, 5) is 0. The Morgan fingerprint density at radius 3 is 1.83 bits per heavy atom. The van der Waals surface area contributed by atoms with Gasteiger partial charge in [0.05, 0.1) is 51.8 Å². The Hall–Kier alpha value is -0.200. The number of rotatable bonds is 12. The van der Waals surface area contributed by atoms with Crippen molar-refractivity contribution in [2.45, 2.75) is 51.6 Å². The highest BCUT2D eigenvalue weighted by Gasteiger charge is 2.41. The molecule has 5 heteroatoms. The number of hydrogen-bond acceptors (Lipinski definition) is 5. The van der Waals surface area contributed by atoms with Gasteiger partial charge in [0.1, 0.15) is 0 Å². The monoisotopic (exact) mass is 343 g/mol. The van der Waals surface area contributed by atoms with E-state index in [0.717, 1.165) is 17.8 Å². The summed E-state index contributed by atoms with van der Waals surface area (Å²) < 4.78 is 22.5. The molecule has 2 unspecified atom stereocenters. The third-order valence-corrected chi connectivity index (χ3v) is 5.26. The van der Waals surface area contributed by atoms with Crippen molar-refractivity contribution in [3.8, 4) is 0 Å². The lowest BCUT2D eigenvalue weighted by molar-refractivity contribution is -0.113. The summed E-state index contributed by atoms with van der Waals surface area (Å²) in [5, 5.41) is 0. The normalized spacial score (nSPS) is 32.9. The molecular weight excluding hydrogens is 306 g/mol. The lowest BCUT2D eigenvalue weighted by Crippen LogP contribution is -2.43. The Morgan fingerprint density at radius 1 is 0.792 bits per heavy atom. The van der Waals surface area contributed by atoms with Gasteiger partial charge in [-0.05, 0) is 56.8 Å². The third-order valence-electron chi connectivity index (χ3n) is 5.26. The first kappa shape index (κ1) is 20.1. The Labute approximate surface area is 147 Å². The SMILES string of the molecule is CC1CC2CC(C1)CC(C)(OCCOCCOCCOCCN)C2. The molecule has 142 valence electrons. The molecule has 0 spiro atoms. The van der Waals surface area contributed by atoms with E-state index in [9.17, 15) is 0 Å². The van der Waals surface area contributed by atoms with E-state index in [0.29, 0.717) is 52.8 Å². The number of nitrogens with two attached hydrogens (primary N) is 1. The maximum Gasteiger partial charge on any atom is 0.0707 e. The predicted octanol–water partition coefficient (Wildman–Crippen LogP) is 2.62. The quantitative estimate of drug-likeness (QED) is 0.552. The second-order valence-corrected chi connectivity index (χ2v) is 7.88. The van der Waals surface area contributed by atoms with Crippen LogP contribution in [0.25, 0.3) is 0 Å². The predicted molar refractivity (Wildman–Crippen MR) is 95.1 cm³/mol. The van der Waals surface area contributed by atoms with Crippen molar-refractivity contribution in [3.63, 3.8) is 0 Å². The summed E-state index contributed by atoms with van der Waals surface area (Å²) in [5.74, 6) is 2.64. The third kappa shape index (κ3) is 7.36. The van der Waals surface area contributed by atoms with E-state index in [-0.39, 0.29) is 5.60 Å². The smallest absolute Gasteiger partial charge is 0.0707 e. The van der Waals surface area contributed by atoms with Crippen LogP contribution in [-0.2, 0) is 18.9 Å². The van der Waals surface area contributed by atoms with Crippen molar-refractivity contribution in [1.29, 1.82) is 0 Å². The molecule has 0 saturated heterocycles. The lowest BCUT2D eigenvalue weighted by Gasteiger charge is -2.47. The zero-order chi connectivity index (χ0) is 17.3. The van der Waals surface area contributed by atoms with Gasteiger partial charge in [-0.25, -0.2) is 0 Å². The standard InChI is InChI=1S/C19H37NO4/c1-16-11-17-13-18(12-16)15-19(2,14-17)24-10-9-23-8-7-22-6-5-21-4-3-20/h16-18H,3-15,20H2,1-2H3. The number of fused-ring (bicyclic) bond motifs is 2. The van der Waals surface area contributed by atoms with Crippen LogP contribution in [0.15, 0.2) is 0 Å². The molecular formula is C19H37NO4. The van der Waals surface area contributed by atoms with Gasteiger partial charge < -0.3 is 24.7 Å².